The molecule has 92 valence electrons. The zero-order chi connectivity index (χ0) is 11.6. The van der Waals surface area contributed by atoms with Crippen molar-refractivity contribution in [2.45, 2.75) is 45.1 Å². The van der Waals surface area contributed by atoms with E-state index in [-0.39, 0.29) is 6.61 Å². The monoisotopic (exact) mass is 241 g/mol. The molecule has 0 saturated heterocycles. The molecular weight excluding hydrogens is 218 g/mol. The minimum atomic E-state index is 0.242. The van der Waals surface area contributed by atoms with E-state index in [0.29, 0.717) is 6.04 Å². The third kappa shape index (κ3) is 5.64. The van der Waals surface area contributed by atoms with Crippen molar-refractivity contribution < 1.29 is 5.11 Å². The van der Waals surface area contributed by atoms with Gasteiger partial charge < -0.3 is 10.4 Å². The molecule has 16 heavy (non-hydrogen) atoms. The number of unbranched alkanes of at least 4 members (excludes halogenated alkanes) is 1. The molecule has 2 N–H and O–H groups in total. The number of aryl methyl sites for hydroxylation is 1. The van der Waals surface area contributed by atoms with Crippen LogP contribution < -0.4 is 5.32 Å². The van der Waals surface area contributed by atoms with Crippen LogP contribution in [0.15, 0.2) is 17.5 Å². The fourth-order valence-corrected chi connectivity index (χ4v) is 2.62. The van der Waals surface area contributed by atoms with Crippen molar-refractivity contribution in [2.24, 2.45) is 0 Å². The van der Waals surface area contributed by atoms with Crippen LogP contribution in [0.4, 0.5) is 0 Å². The Morgan fingerprint density at radius 1 is 1.44 bits per heavy atom. The molecule has 0 aliphatic rings. The van der Waals surface area contributed by atoms with Crippen LogP contribution in [0.2, 0.25) is 0 Å². The highest BCUT2D eigenvalue weighted by Crippen LogP contribution is 2.13. The quantitative estimate of drug-likeness (QED) is 0.652. The van der Waals surface area contributed by atoms with Gasteiger partial charge in [0.25, 0.3) is 0 Å². The first-order valence-electron chi connectivity index (χ1n) is 6.23. The Labute approximate surface area is 103 Å². The van der Waals surface area contributed by atoms with Crippen LogP contribution in [0.25, 0.3) is 0 Å². The van der Waals surface area contributed by atoms with E-state index >= 15 is 0 Å². The zero-order valence-corrected chi connectivity index (χ0v) is 10.9. The Kier molecular flexibility index (Phi) is 7.47. The molecule has 1 aromatic heterocycles. The Morgan fingerprint density at radius 2 is 2.31 bits per heavy atom. The first kappa shape index (κ1) is 13.7. The predicted molar refractivity (Wildman–Crippen MR) is 71.0 cm³/mol. The molecule has 2 nitrogen and oxygen atoms in total. The van der Waals surface area contributed by atoms with Crippen LogP contribution in [0.5, 0.6) is 0 Å². The number of aliphatic hydroxyl groups excluding tert-OH is 1. The minimum Gasteiger partial charge on any atom is -0.395 e. The van der Waals surface area contributed by atoms with Crippen molar-refractivity contribution in [1.29, 1.82) is 0 Å². The van der Waals surface area contributed by atoms with Gasteiger partial charge >= 0.3 is 0 Å². The molecule has 1 unspecified atom stereocenters. The number of rotatable bonds is 9. The lowest BCUT2D eigenvalue weighted by Crippen LogP contribution is -2.30. The molecule has 0 radical (unpaired) electrons. The van der Waals surface area contributed by atoms with Gasteiger partial charge in [0.05, 0.1) is 6.61 Å². The predicted octanol–water partition coefficient (Wildman–Crippen LogP) is 2.82. The highest BCUT2D eigenvalue weighted by Gasteiger charge is 2.04. The van der Waals surface area contributed by atoms with Crippen LogP contribution in [0.3, 0.4) is 0 Å². The normalized spacial score (nSPS) is 12.9. The van der Waals surface area contributed by atoms with Crippen molar-refractivity contribution >= 4 is 11.3 Å². The third-order valence-corrected chi connectivity index (χ3v) is 3.78. The second kappa shape index (κ2) is 8.74. The largest absolute Gasteiger partial charge is 0.395 e. The van der Waals surface area contributed by atoms with E-state index in [1.807, 2.05) is 11.3 Å². The van der Waals surface area contributed by atoms with Crippen LogP contribution in [-0.4, -0.2) is 24.3 Å². The fourth-order valence-electron chi connectivity index (χ4n) is 1.86. The molecule has 0 aliphatic carbocycles. The number of thiophene rings is 1. The summed E-state index contributed by atoms with van der Waals surface area (Å²) in [5, 5.41) is 14.3. The molecule has 1 heterocycles. The van der Waals surface area contributed by atoms with Gasteiger partial charge in [0.1, 0.15) is 0 Å². The smallest absolute Gasteiger partial charge is 0.0556 e. The molecule has 3 heteroatoms. The van der Waals surface area contributed by atoms with Gasteiger partial charge in [-0.1, -0.05) is 19.4 Å². The number of hydrogen-bond donors (Lipinski definition) is 2. The second-order valence-corrected chi connectivity index (χ2v) is 5.14. The summed E-state index contributed by atoms with van der Waals surface area (Å²) in [7, 11) is 0. The molecule has 0 bridgehead atoms. The Hall–Kier alpha value is -0.380. The summed E-state index contributed by atoms with van der Waals surface area (Å²) < 4.78 is 0. The van der Waals surface area contributed by atoms with E-state index in [9.17, 15) is 0 Å². The molecule has 1 rings (SSSR count). The lowest BCUT2D eigenvalue weighted by atomic mass is 10.1. The summed E-state index contributed by atoms with van der Waals surface area (Å²) >= 11 is 1.85. The van der Waals surface area contributed by atoms with Crippen molar-refractivity contribution in [3.8, 4) is 0 Å². The first-order chi connectivity index (χ1) is 7.86. The van der Waals surface area contributed by atoms with Gasteiger partial charge in [-0.25, -0.2) is 0 Å². The number of aliphatic hydroxyl groups is 1. The van der Waals surface area contributed by atoms with Gasteiger partial charge in [0.2, 0.25) is 0 Å². The summed E-state index contributed by atoms with van der Waals surface area (Å²) in [4.78, 5) is 1.50. The van der Waals surface area contributed by atoms with Crippen molar-refractivity contribution in [3.05, 3.63) is 22.4 Å². The van der Waals surface area contributed by atoms with Crippen molar-refractivity contribution in [2.75, 3.05) is 13.2 Å². The molecule has 0 aliphatic heterocycles. The summed E-state index contributed by atoms with van der Waals surface area (Å²) in [6, 6.07) is 4.92. The standard InChI is InChI=1S/C13H23NOS/c1-2-12(14-9-10-15)6-3-4-7-13-8-5-11-16-13/h5,8,11-12,14-15H,2-4,6-7,9-10H2,1H3. The van der Waals surface area contributed by atoms with Crippen molar-refractivity contribution in [1.82, 2.24) is 5.32 Å². The summed E-state index contributed by atoms with van der Waals surface area (Å²) in [6.07, 6.45) is 6.14. The highest BCUT2D eigenvalue weighted by atomic mass is 32.1. The van der Waals surface area contributed by atoms with Gasteiger partial charge in [0.15, 0.2) is 0 Å². The van der Waals surface area contributed by atoms with Gasteiger partial charge in [0, 0.05) is 17.5 Å². The fraction of sp³-hybridized carbons (Fsp3) is 0.692. The van der Waals surface area contributed by atoms with E-state index in [4.69, 9.17) is 5.11 Å². The summed E-state index contributed by atoms with van der Waals surface area (Å²) in [5.74, 6) is 0. The van der Waals surface area contributed by atoms with Gasteiger partial charge in [-0.2, -0.15) is 0 Å². The number of hydrogen-bond acceptors (Lipinski definition) is 3. The average Bonchev–Trinajstić information content (AvgIpc) is 2.81. The molecule has 0 spiro atoms. The molecule has 1 atom stereocenters. The Balaban J connectivity index is 2.04. The minimum absolute atomic E-state index is 0.242. The summed E-state index contributed by atoms with van der Waals surface area (Å²) in [6.45, 7) is 3.17. The van der Waals surface area contributed by atoms with E-state index in [1.165, 1.54) is 30.6 Å². The van der Waals surface area contributed by atoms with Gasteiger partial charge in [-0.3, -0.25) is 0 Å². The molecule has 0 amide bonds. The number of nitrogens with one attached hydrogen (secondary N) is 1. The maximum Gasteiger partial charge on any atom is 0.0556 e. The Bertz CT molecular complexity index is 248. The van der Waals surface area contributed by atoms with E-state index in [2.05, 4.69) is 29.8 Å². The maximum absolute atomic E-state index is 8.75. The lowest BCUT2D eigenvalue weighted by Gasteiger charge is -2.15. The maximum atomic E-state index is 8.75. The van der Waals surface area contributed by atoms with Crippen molar-refractivity contribution in [3.63, 3.8) is 0 Å². The Morgan fingerprint density at radius 3 is 2.94 bits per heavy atom. The first-order valence-corrected chi connectivity index (χ1v) is 7.11. The zero-order valence-electron chi connectivity index (χ0n) is 10.1. The molecule has 0 aromatic carbocycles. The topological polar surface area (TPSA) is 32.3 Å². The summed E-state index contributed by atoms with van der Waals surface area (Å²) in [5.41, 5.74) is 0. The molecular formula is C13H23NOS. The van der Waals surface area contributed by atoms with E-state index in [0.717, 1.165) is 13.0 Å². The lowest BCUT2D eigenvalue weighted by molar-refractivity contribution is 0.280. The molecule has 1 aromatic rings. The van der Waals surface area contributed by atoms with E-state index in [1.54, 1.807) is 0 Å². The van der Waals surface area contributed by atoms with Crippen LogP contribution in [0, 0.1) is 0 Å². The van der Waals surface area contributed by atoms with Gasteiger partial charge in [-0.15, -0.1) is 11.3 Å². The van der Waals surface area contributed by atoms with Crippen LogP contribution in [0.1, 0.15) is 37.5 Å². The highest BCUT2D eigenvalue weighted by molar-refractivity contribution is 7.09. The van der Waals surface area contributed by atoms with Crippen LogP contribution >= 0.6 is 11.3 Å². The second-order valence-electron chi connectivity index (χ2n) is 4.11. The molecule has 0 fully saturated rings. The van der Waals surface area contributed by atoms with Gasteiger partial charge in [-0.05, 0) is 37.1 Å². The SMILES string of the molecule is CCC(CCCCc1cccs1)NCCO. The van der Waals surface area contributed by atoms with E-state index < -0.39 is 0 Å². The average molecular weight is 241 g/mol. The van der Waals surface area contributed by atoms with Crippen LogP contribution in [-0.2, 0) is 6.42 Å². The third-order valence-electron chi connectivity index (χ3n) is 2.84. The molecule has 0 saturated carbocycles.